The molecule has 1 saturated heterocycles. The Hall–Kier alpha value is -2.24. The van der Waals surface area contributed by atoms with Crippen molar-refractivity contribution in [2.24, 2.45) is 0 Å². The molecular weight excluding hydrogens is 303 g/mol. The van der Waals surface area contributed by atoms with E-state index in [0.29, 0.717) is 11.7 Å². The van der Waals surface area contributed by atoms with E-state index >= 15 is 0 Å². The molecule has 1 radical (unpaired) electrons. The minimum absolute atomic E-state index is 0.329. The molecule has 0 saturated carbocycles. The second kappa shape index (κ2) is 6.48. The summed E-state index contributed by atoms with van der Waals surface area (Å²) >= 11 is 0. The number of hydrogen-bond acceptors (Lipinski definition) is 3. The molecule has 0 bridgehead atoms. The van der Waals surface area contributed by atoms with Gasteiger partial charge >= 0.3 is 6.18 Å². The maximum atomic E-state index is 12.6. The van der Waals surface area contributed by atoms with Crippen molar-refractivity contribution in [2.45, 2.75) is 25.1 Å². The topological polar surface area (TPSA) is 28.2 Å². The van der Waals surface area contributed by atoms with E-state index in [1.54, 1.807) is 6.20 Å². The molecule has 1 fully saturated rings. The van der Waals surface area contributed by atoms with E-state index in [0.717, 1.165) is 43.9 Å². The average molecular weight is 320 g/mol. The number of anilines is 2. The van der Waals surface area contributed by atoms with Gasteiger partial charge in [-0.3, -0.25) is 0 Å². The van der Waals surface area contributed by atoms with Crippen LogP contribution in [0.5, 0.6) is 0 Å². The summed E-state index contributed by atoms with van der Waals surface area (Å²) in [7, 11) is 0. The fraction of sp³-hybridized carbons (Fsp3) is 0.353. The summed E-state index contributed by atoms with van der Waals surface area (Å²) in [5, 5.41) is 3.39. The molecule has 23 heavy (non-hydrogen) atoms. The second-order valence-electron chi connectivity index (χ2n) is 5.58. The van der Waals surface area contributed by atoms with E-state index in [1.807, 2.05) is 18.2 Å². The Bertz CT molecular complexity index is 618. The first kappa shape index (κ1) is 15.6. The van der Waals surface area contributed by atoms with Crippen molar-refractivity contribution in [2.75, 3.05) is 23.3 Å². The molecule has 6 heteroatoms. The summed E-state index contributed by atoms with van der Waals surface area (Å²) in [4.78, 5) is 6.31. The van der Waals surface area contributed by atoms with Crippen LogP contribution in [0.3, 0.4) is 0 Å². The van der Waals surface area contributed by atoms with Gasteiger partial charge < -0.3 is 10.2 Å². The maximum absolute atomic E-state index is 12.6. The molecule has 3 nitrogen and oxygen atoms in total. The number of halogens is 3. The summed E-state index contributed by atoms with van der Waals surface area (Å²) in [6.45, 7) is 1.57. The van der Waals surface area contributed by atoms with Gasteiger partial charge in [0.05, 0.1) is 5.56 Å². The van der Waals surface area contributed by atoms with Crippen molar-refractivity contribution >= 4 is 11.5 Å². The smallest absolute Gasteiger partial charge is 0.371 e. The Morgan fingerprint density at radius 1 is 1.13 bits per heavy atom. The first-order valence-electron chi connectivity index (χ1n) is 7.54. The lowest BCUT2D eigenvalue weighted by Crippen LogP contribution is -2.39. The summed E-state index contributed by atoms with van der Waals surface area (Å²) < 4.78 is 37.7. The molecule has 1 aromatic carbocycles. The Balaban J connectivity index is 1.56. The molecular formula is C17H17F3N3. The molecule has 1 aliphatic rings. The maximum Gasteiger partial charge on any atom is 0.416 e. The third-order valence-electron chi connectivity index (χ3n) is 3.98. The fourth-order valence-electron chi connectivity index (χ4n) is 2.71. The van der Waals surface area contributed by atoms with Gasteiger partial charge in [-0.05, 0) is 43.2 Å². The van der Waals surface area contributed by atoms with Crippen LogP contribution in [0, 0.1) is 6.07 Å². The lowest BCUT2D eigenvalue weighted by atomic mass is 10.0. The largest absolute Gasteiger partial charge is 0.416 e. The van der Waals surface area contributed by atoms with E-state index < -0.39 is 11.7 Å². The van der Waals surface area contributed by atoms with Crippen LogP contribution in [0.2, 0.25) is 0 Å². The van der Waals surface area contributed by atoms with Gasteiger partial charge in [0.2, 0.25) is 0 Å². The van der Waals surface area contributed by atoms with Crippen LogP contribution in [0.4, 0.5) is 24.7 Å². The van der Waals surface area contributed by atoms with Crippen LogP contribution < -0.4 is 10.2 Å². The molecule has 121 valence electrons. The molecule has 0 aliphatic carbocycles. The van der Waals surface area contributed by atoms with Crippen molar-refractivity contribution < 1.29 is 13.2 Å². The number of pyridine rings is 1. The highest BCUT2D eigenvalue weighted by atomic mass is 19.4. The van der Waals surface area contributed by atoms with E-state index in [-0.39, 0.29) is 0 Å². The number of piperidine rings is 1. The van der Waals surface area contributed by atoms with Crippen molar-refractivity contribution in [1.29, 1.82) is 0 Å². The summed E-state index contributed by atoms with van der Waals surface area (Å²) in [6, 6.07) is 12.4. The minimum Gasteiger partial charge on any atom is -0.371 e. The van der Waals surface area contributed by atoms with Gasteiger partial charge in [0.25, 0.3) is 0 Å². The third kappa shape index (κ3) is 3.94. The zero-order valence-electron chi connectivity index (χ0n) is 12.5. The van der Waals surface area contributed by atoms with Gasteiger partial charge in [-0.15, -0.1) is 0 Å². The fourth-order valence-corrected chi connectivity index (χ4v) is 2.71. The molecule has 0 unspecified atom stereocenters. The zero-order valence-corrected chi connectivity index (χ0v) is 12.5. The number of benzene rings is 1. The molecule has 2 heterocycles. The summed E-state index contributed by atoms with van der Waals surface area (Å²) in [5.41, 5.74) is 0.0576. The Morgan fingerprint density at radius 2 is 1.91 bits per heavy atom. The molecule has 0 amide bonds. The van der Waals surface area contributed by atoms with Gasteiger partial charge in [-0.1, -0.05) is 6.07 Å². The first-order valence-corrected chi connectivity index (χ1v) is 7.54. The molecule has 1 aromatic heterocycles. The van der Waals surface area contributed by atoms with Crippen LogP contribution >= 0.6 is 0 Å². The SMILES string of the molecule is FC(F)(F)c1c[c]c(N2CCC(Nc3ccccn3)CC2)cc1. The van der Waals surface area contributed by atoms with Crippen LogP contribution in [0.25, 0.3) is 0 Å². The standard InChI is InChI=1S/C17H17F3N3/c18-17(19,20)13-4-6-15(7-5-13)23-11-8-14(9-12-23)22-16-3-1-2-10-21-16/h1-6,10,14H,8-9,11-12H2,(H,21,22). The average Bonchev–Trinajstić information content (AvgIpc) is 2.56. The highest BCUT2D eigenvalue weighted by Gasteiger charge is 2.30. The predicted molar refractivity (Wildman–Crippen MR) is 83.4 cm³/mol. The monoisotopic (exact) mass is 320 g/mol. The number of nitrogens with one attached hydrogen (secondary N) is 1. The Kier molecular flexibility index (Phi) is 4.41. The number of aromatic nitrogens is 1. The molecule has 0 atom stereocenters. The van der Waals surface area contributed by atoms with Crippen molar-refractivity contribution in [3.8, 4) is 0 Å². The zero-order chi connectivity index (χ0) is 16.3. The minimum atomic E-state index is -4.31. The number of hydrogen-bond donors (Lipinski definition) is 1. The summed E-state index contributed by atoms with van der Waals surface area (Å²) in [5.74, 6) is 0.854. The van der Waals surface area contributed by atoms with E-state index in [4.69, 9.17) is 0 Å². The van der Waals surface area contributed by atoms with Crippen LogP contribution in [0.15, 0.2) is 42.6 Å². The van der Waals surface area contributed by atoms with E-state index in [2.05, 4.69) is 21.3 Å². The van der Waals surface area contributed by atoms with Crippen molar-refractivity contribution in [3.63, 3.8) is 0 Å². The number of rotatable bonds is 3. The van der Waals surface area contributed by atoms with Gasteiger partial charge in [-0.2, -0.15) is 13.2 Å². The molecule has 0 spiro atoms. The quantitative estimate of drug-likeness (QED) is 0.927. The number of alkyl halides is 3. The van der Waals surface area contributed by atoms with Crippen LogP contribution in [-0.2, 0) is 6.18 Å². The molecule has 3 rings (SSSR count). The lowest BCUT2D eigenvalue weighted by Gasteiger charge is -2.34. The first-order chi connectivity index (χ1) is 11.0. The van der Waals surface area contributed by atoms with Crippen LogP contribution in [0.1, 0.15) is 18.4 Å². The molecule has 1 N–H and O–H groups in total. The Morgan fingerprint density at radius 3 is 2.48 bits per heavy atom. The normalized spacial score (nSPS) is 16.4. The van der Waals surface area contributed by atoms with Gasteiger partial charge in [-0.25, -0.2) is 4.98 Å². The van der Waals surface area contributed by atoms with Gasteiger partial charge in [0.1, 0.15) is 5.82 Å². The van der Waals surface area contributed by atoms with Crippen molar-refractivity contribution in [1.82, 2.24) is 4.98 Å². The lowest BCUT2D eigenvalue weighted by molar-refractivity contribution is -0.137. The highest BCUT2D eigenvalue weighted by Crippen LogP contribution is 2.31. The third-order valence-corrected chi connectivity index (χ3v) is 3.98. The van der Waals surface area contributed by atoms with Crippen molar-refractivity contribution in [3.05, 3.63) is 54.2 Å². The molecule has 2 aromatic rings. The summed E-state index contributed by atoms with van der Waals surface area (Å²) in [6.07, 6.45) is -0.750. The van der Waals surface area contributed by atoms with Gasteiger partial charge in [0.15, 0.2) is 0 Å². The molecule has 1 aliphatic heterocycles. The number of nitrogens with zero attached hydrogens (tertiary/aromatic N) is 2. The predicted octanol–water partition coefficient (Wildman–Crippen LogP) is 3.98. The van der Waals surface area contributed by atoms with Gasteiger partial charge in [0, 0.05) is 37.1 Å². The Labute approximate surface area is 133 Å². The second-order valence-corrected chi connectivity index (χ2v) is 5.58. The van der Waals surface area contributed by atoms with E-state index in [9.17, 15) is 13.2 Å². The van der Waals surface area contributed by atoms with E-state index in [1.165, 1.54) is 6.07 Å². The van der Waals surface area contributed by atoms with Crippen LogP contribution in [-0.4, -0.2) is 24.1 Å². The highest BCUT2D eigenvalue weighted by molar-refractivity contribution is 5.47.